The third-order valence-electron chi connectivity index (χ3n) is 4.39. The molecule has 8 nitrogen and oxygen atoms in total. The molecule has 0 spiro atoms. The lowest BCUT2D eigenvalue weighted by molar-refractivity contribution is 0.252. The molecule has 0 bridgehead atoms. The zero-order chi connectivity index (χ0) is 21.7. The fourth-order valence-electron chi connectivity index (χ4n) is 2.94. The Hall–Kier alpha value is -3.17. The highest BCUT2D eigenvalue weighted by Crippen LogP contribution is 2.16. The molecular formula is C21H25N5O3S. The van der Waals surface area contributed by atoms with E-state index in [4.69, 9.17) is 0 Å². The van der Waals surface area contributed by atoms with Gasteiger partial charge in [0.25, 0.3) is 0 Å². The fourth-order valence-corrected chi connectivity index (χ4v) is 3.98. The molecule has 0 atom stereocenters. The van der Waals surface area contributed by atoms with Gasteiger partial charge in [-0.1, -0.05) is 23.8 Å². The Morgan fingerprint density at radius 3 is 2.40 bits per heavy atom. The number of aryl methyl sites for hydroxylation is 3. The summed E-state index contributed by atoms with van der Waals surface area (Å²) in [5.74, 6) is 0. The standard InChI is InChI=1S/C21H25N5O3S/c1-15-7-9-20(10-8-15)30(28,29)23-12-11-22-21(27)24-18-5-4-6-19(14-18)26-17(3)13-16(2)25-26/h4-10,13-14,23H,11-12H2,1-3H3,(H2,22,24,27). The van der Waals surface area contributed by atoms with Crippen LogP contribution in [0.25, 0.3) is 5.69 Å². The average Bonchev–Trinajstić information content (AvgIpc) is 3.04. The van der Waals surface area contributed by atoms with Crippen LogP contribution < -0.4 is 15.4 Å². The van der Waals surface area contributed by atoms with Crippen molar-refractivity contribution < 1.29 is 13.2 Å². The van der Waals surface area contributed by atoms with Crippen molar-refractivity contribution in [2.24, 2.45) is 0 Å². The van der Waals surface area contributed by atoms with Crippen molar-refractivity contribution in [1.82, 2.24) is 19.8 Å². The van der Waals surface area contributed by atoms with E-state index >= 15 is 0 Å². The highest BCUT2D eigenvalue weighted by atomic mass is 32.2. The Bertz CT molecular complexity index is 1140. The maximum atomic E-state index is 12.2. The van der Waals surface area contributed by atoms with Crippen molar-refractivity contribution in [3.8, 4) is 5.69 Å². The molecule has 0 saturated carbocycles. The summed E-state index contributed by atoms with van der Waals surface area (Å²) in [6, 6.07) is 15.5. The van der Waals surface area contributed by atoms with Crippen molar-refractivity contribution in [3.63, 3.8) is 0 Å². The lowest BCUT2D eigenvalue weighted by Crippen LogP contribution is -2.36. The first kappa shape index (κ1) is 21.5. The SMILES string of the molecule is Cc1ccc(S(=O)(=O)NCCNC(=O)Nc2cccc(-n3nc(C)cc3C)c2)cc1. The second kappa shape index (κ2) is 9.10. The topological polar surface area (TPSA) is 105 Å². The normalized spacial score (nSPS) is 11.3. The van der Waals surface area contributed by atoms with Gasteiger partial charge in [0.05, 0.1) is 16.3 Å². The van der Waals surface area contributed by atoms with Crippen molar-refractivity contribution in [3.05, 3.63) is 71.5 Å². The minimum atomic E-state index is -3.60. The molecular weight excluding hydrogens is 402 g/mol. The van der Waals surface area contributed by atoms with Crippen LogP contribution in [0.15, 0.2) is 59.5 Å². The van der Waals surface area contributed by atoms with Gasteiger partial charge in [0, 0.05) is 24.5 Å². The quantitative estimate of drug-likeness (QED) is 0.504. The van der Waals surface area contributed by atoms with Crippen LogP contribution in [-0.4, -0.2) is 37.3 Å². The van der Waals surface area contributed by atoms with Gasteiger partial charge >= 0.3 is 6.03 Å². The highest BCUT2D eigenvalue weighted by Gasteiger charge is 2.13. The largest absolute Gasteiger partial charge is 0.337 e. The summed E-state index contributed by atoms with van der Waals surface area (Å²) in [4.78, 5) is 12.3. The second-order valence-electron chi connectivity index (χ2n) is 6.98. The van der Waals surface area contributed by atoms with E-state index in [-0.39, 0.29) is 18.0 Å². The Morgan fingerprint density at radius 2 is 1.73 bits per heavy atom. The fraction of sp³-hybridized carbons (Fsp3) is 0.238. The number of nitrogens with zero attached hydrogens (tertiary/aromatic N) is 2. The summed E-state index contributed by atoms with van der Waals surface area (Å²) in [5.41, 5.74) is 4.34. The first-order chi connectivity index (χ1) is 14.2. The van der Waals surface area contributed by atoms with E-state index in [9.17, 15) is 13.2 Å². The summed E-state index contributed by atoms with van der Waals surface area (Å²) >= 11 is 0. The van der Waals surface area contributed by atoms with Gasteiger partial charge in [-0.15, -0.1) is 0 Å². The summed E-state index contributed by atoms with van der Waals surface area (Å²) in [6.45, 7) is 6.00. The van der Waals surface area contributed by atoms with E-state index in [1.54, 1.807) is 35.0 Å². The molecule has 9 heteroatoms. The highest BCUT2D eigenvalue weighted by molar-refractivity contribution is 7.89. The molecule has 158 valence electrons. The Morgan fingerprint density at radius 1 is 1.00 bits per heavy atom. The summed E-state index contributed by atoms with van der Waals surface area (Å²) < 4.78 is 28.7. The molecule has 0 unspecified atom stereocenters. The zero-order valence-electron chi connectivity index (χ0n) is 17.1. The third-order valence-corrected chi connectivity index (χ3v) is 5.87. The van der Waals surface area contributed by atoms with Crippen molar-refractivity contribution in [1.29, 1.82) is 0 Å². The Balaban J connectivity index is 1.51. The number of urea groups is 1. The minimum absolute atomic E-state index is 0.0788. The second-order valence-corrected chi connectivity index (χ2v) is 8.75. The number of benzene rings is 2. The van der Waals surface area contributed by atoms with Gasteiger partial charge in [0.2, 0.25) is 10.0 Å². The molecule has 1 aromatic heterocycles. The number of carbonyl (C=O) groups is 1. The molecule has 0 aliphatic heterocycles. The molecule has 0 saturated heterocycles. The van der Waals surface area contributed by atoms with Crippen LogP contribution in [0.5, 0.6) is 0 Å². The van der Waals surface area contributed by atoms with Gasteiger partial charge in [0.1, 0.15) is 0 Å². The number of carbonyl (C=O) groups excluding carboxylic acids is 1. The van der Waals surface area contributed by atoms with Crippen molar-refractivity contribution in [2.45, 2.75) is 25.7 Å². The molecule has 2 aromatic carbocycles. The van der Waals surface area contributed by atoms with Gasteiger partial charge < -0.3 is 10.6 Å². The average molecular weight is 428 g/mol. The summed E-state index contributed by atoms with van der Waals surface area (Å²) in [6.07, 6.45) is 0. The third kappa shape index (κ3) is 5.46. The lowest BCUT2D eigenvalue weighted by Gasteiger charge is -2.11. The molecule has 3 rings (SSSR count). The molecule has 0 aliphatic rings. The molecule has 3 aromatic rings. The number of sulfonamides is 1. The zero-order valence-corrected chi connectivity index (χ0v) is 18.0. The van der Waals surface area contributed by atoms with Gasteiger partial charge in [-0.3, -0.25) is 0 Å². The maximum absolute atomic E-state index is 12.2. The number of hydrogen-bond acceptors (Lipinski definition) is 4. The van der Waals surface area contributed by atoms with Gasteiger partial charge in [-0.25, -0.2) is 22.6 Å². The predicted octanol–water partition coefficient (Wildman–Crippen LogP) is 2.90. The van der Waals surface area contributed by atoms with Crippen LogP contribution in [-0.2, 0) is 10.0 Å². The van der Waals surface area contributed by atoms with E-state index in [1.165, 1.54) is 0 Å². The molecule has 0 aliphatic carbocycles. The van der Waals surface area contributed by atoms with E-state index in [0.29, 0.717) is 5.69 Å². The molecule has 30 heavy (non-hydrogen) atoms. The monoisotopic (exact) mass is 427 g/mol. The van der Waals surface area contributed by atoms with E-state index in [1.807, 2.05) is 45.0 Å². The van der Waals surface area contributed by atoms with Crippen molar-refractivity contribution in [2.75, 3.05) is 18.4 Å². The van der Waals surface area contributed by atoms with Gasteiger partial charge in [-0.05, 0) is 57.2 Å². The molecule has 3 N–H and O–H groups in total. The van der Waals surface area contributed by atoms with E-state index in [0.717, 1.165) is 22.6 Å². The van der Waals surface area contributed by atoms with Crippen LogP contribution in [0.1, 0.15) is 17.0 Å². The molecule has 1 heterocycles. The van der Waals surface area contributed by atoms with Crippen LogP contribution in [0.3, 0.4) is 0 Å². The Kier molecular flexibility index (Phi) is 6.53. The summed E-state index contributed by atoms with van der Waals surface area (Å²) in [5, 5.41) is 9.82. The summed E-state index contributed by atoms with van der Waals surface area (Å²) in [7, 11) is -3.60. The van der Waals surface area contributed by atoms with Gasteiger partial charge in [0.15, 0.2) is 0 Å². The number of aromatic nitrogens is 2. The molecule has 0 fully saturated rings. The minimum Gasteiger partial charge on any atom is -0.337 e. The Labute approximate surface area is 176 Å². The van der Waals surface area contributed by atoms with Crippen LogP contribution in [0, 0.1) is 20.8 Å². The molecule has 2 amide bonds. The number of anilines is 1. The van der Waals surface area contributed by atoms with E-state index < -0.39 is 16.1 Å². The first-order valence-corrected chi connectivity index (χ1v) is 11.0. The smallest absolute Gasteiger partial charge is 0.319 e. The maximum Gasteiger partial charge on any atom is 0.319 e. The number of nitrogens with one attached hydrogen (secondary N) is 3. The molecule has 0 radical (unpaired) electrons. The van der Waals surface area contributed by atoms with Crippen LogP contribution >= 0.6 is 0 Å². The number of hydrogen-bond donors (Lipinski definition) is 3. The van der Waals surface area contributed by atoms with Crippen LogP contribution in [0.4, 0.5) is 10.5 Å². The van der Waals surface area contributed by atoms with Crippen molar-refractivity contribution >= 4 is 21.7 Å². The van der Waals surface area contributed by atoms with Gasteiger partial charge in [-0.2, -0.15) is 5.10 Å². The lowest BCUT2D eigenvalue weighted by atomic mass is 10.2. The first-order valence-electron chi connectivity index (χ1n) is 9.49. The predicted molar refractivity (Wildman–Crippen MR) is 116 cm³/mol. The number of rotatable bonds is 7. The number of amides is 2. The van der Waals surface area contributed by atoms with E-state index in [2.05, 4.69) is 20.5 Å². The van der Waals surface area contributed by atoms with Crippen LogP contribution in [0.2, 0.25) is 0 Å².